The largest absolute Gasteiger partial charge is 0.379 e. The van der Waals surface area contributed by atoms with Gasteiger partial charge in [-0.25, -0.2) is 4.39 Å². The third kappa shape index (κ3) is 5.09. The van der Waals surface area contributed by atoms with E-state index in [4.69, 9.17) is 25.8 Å². The molecule has 0 aliphatic carbocycles. The number of morpholine rings is 1. The van der Waals surface area contributed by atoms with Crippen molar-refractivity contribution in [1.29, 1.82) is 0 Å². The van der Waals surface area contributed by atoms with Crippen LogP contribution in [-0.4, -0.2) is 86.6 Å². The van der Waals surface area contributed by atoms with Crippen molar-refractivity contribution in [2.24, 2.45) is 0 Å². The molecule has 0 radical (unpaired) electrons. The van der Waals surface area contributed by atoms with Crippen LogP contribution in [0.4, 0.5) is 4.39 Å². The SMILES string of the molecule is O=C(Cc1c(F)cccc1Cl)N1CCOC[C@]2(CC[C@@H](CN3CCOCC3)O2)C1. The lowest BCUT2D eigenvalue weighted by Crippen LogP contribution is -2.48. The number of carbonyl (C=O) groups excluding carboxylic acids is 1. The summed E-state index contributed by atoms with van der Waals surface area (Å²) in [6.07, 6.45) is 1.88. The molecule has 3 saturated heterocycles. The minimum absolute atomic E-state index is 0.0568. The van der Waals surface area contributed by atoms with Crippen LogP contribution >= 0.6 is 11.6 Å². The van der Waals surface area contributed by atoms with Crippen LogP contribution in [0.15, 0.2) is 18.2 Å². The van der Waals surface area contributed by atoms with Crippen LogP contribution in [0.2, 0.25) is 5.02 Å². The molecule has 0 unspecified atom stereocenters. The quantitative estimate of drug-likeness (QED) is 0.738. The van der Waals surface area contributed by atoms with Crippen molar-refractivity contribution in [2.45, 2.75) is 31.0 Å². The van der Waals surface area contributed by atoms with Crippen LogP contribution in [0.1, 0.15) is 18.4 Å². The normalized spacial score (nSPS) is 28.6. The van der Waals surface area contributed by atoms with Crippen LogP contribution in [-0.2, 0) is 25.4 Å². The van der Waals surface area contributed by atoms with Gasteiger partial charge in [-0.3, -0.25) is 9.69 Å². The van der Waals surface area contributed by atoms with Crippen molar-refractivity contribution in [2.75, 3.05) is 59.2 Å². The summed E-state index contributed by atoms with van der Waals surface area (Å²) in [7, 11) is 0. The summed E-state index contributed by atoms with van der Waals surface area (Å²) >= 11 is 6.10. The summed E-state index contributed by atoms with van der Waals surface area (Å²) in [5.74, 6) is -0.601. The smallest absolute Gasteiger partial charge is 0.227 e. The third-order valence-corrected chi connectivity index (χ3v) is 6.35. The van der Waals surface area contributed by atoms with E-state index in [2.05, 4.69) is 4.90 Å². The molecule has 6 nitrogen and oxygen atoms in total. The Balaban J connectivity index is 1.39. The number of ether oxygens (including phenoxy) is 3. The zero-order valence-corrected chi connectivity index (χ0v) is 17.3. The molecule has 4 rings (SSSR count). The number of halogens is 2. The van der Waals surface area contributed by atoms with E-state index < -0.39 is 11.4 Å². The number of nitrogens with zero attached hydrogens (tertiary/aromatic N) is 2. The van der Waals surface area contributed by atoms with Crippen LogP contribution in [0.25, 0.3) is 0 Å². The second-order valence-electron chi connectivity index (χ2n) is 8.12. The highest BCUT2D eigenvalue weighted by Crippen LogP contribution is 2.34. The zero-order chi connectivity index (χ0) is 20.3. The highest BCUT2D eigenvalue weighted by atomic mass is 35.5. The lowest BCUT2D eigenvalue weighted by atomic mass is 9.99. The molecule has 3 aliphatic rings. The molecule has 3 heterocycles. The fourth-order valence-corrected chi connectivity index (χ4v) is 4.63. The van der Waals surface area contributed by atoms with Gasteiger partial charge in [-0.1, -0.05) is 17.7 Å². The van der Waals surface area contributed by atoms with E-state index in [-0.39, 0.29) is 29.0 Å². The summed E-state index contributed by atoms with van der Waals surface area (Å²) in [6, 6.07) is 4.48. The Labute approximate surface area is 175 Å². The maximum Gasteiger partial charge on any atom is 0.227 e. The summed E-state index contributed by atoms with van der Waals surface area (Å²) in [5, 5.41) is 0.279. The van der Waals surface area contributed by atoms with Gasteiger partial charge in [-0.15, -0.1) is 0 Å². The number of carbonyl (C=O) groups is 1. The minimum Gasteiger partial charge on any atom is -0.379 e. The molecule has 0 saturated carbocycles. The van der Waals surface area contributed by atoms with Gasteiger partial charge < -0.3 is 19.1 Å². The topological polar surface area (TPSA) is 51.2 Å². The Morgan fingerprint density at radius 2 is 2.00 bits per heavy atom. The molecule has 8 heteroatoms. The van der Waals surface area contributed by atoms with Gasteiger partial charge in [0.2, 0.25) is 5.91 Å². The van der Waals surface area contributed by atoms with Gasteiger partial charge in [0.25, 0.3) is 0 Å². The highest BCUT2D eigenvalue weighted by Gasteiger charge is 2.44. The first kappa shape index (κ1) is 21.0. The second-order valence-corrected chi connectivity index (χ2v) is 8.53. The fourth-order valence-electron chi connectivity index (χ4n) is 4.40. The number of benzene rings is 1. The monoisotopic (exact) mass is 426 g/mol. The Bertz CT molecular complexity index is 710. The summed E-state index contributed by atoms with van der Waals surface area (Å²) in [6.45, 7) is 6.15. The third-order valence-electron chi connectivity index (χ3n) is 6.00. The molecule has 29 heavy (non-hydrogen) atoms. The first-order valence-electron chi connectivity index (χ1n) is 10.3. The Hall–Kier alpha value is -1.25. The first-order valence-corrected chi connectivity index (χ1v) is 10.7. The summed E-state index contributed by atoms with van der Waals surface area (Å²) in [5.41, 5.74) is -0.238. The Kier molecular flexibility index (Phi) is 6.71. The molecule has 3 fully saturated rings. The number of hydrogen-bond donors (Lipinski definition) is 0. The fraction of sp³-hybridized carbons (Fsp3) is 0.667. The maximum atomic E-state index is 14.1. The number of hydrogen-bond acceptors (Lipinski definition) is 5. The molecule has 0 bridgehead atoms. The van der Waals surface area contributed by atoms with Gasteiger partial charge >= 0.3 is 0 Å². The van der Waals surface area contributed by atoms with Crippen molar-refractivity contribution in [1.82, 2.24) is 9.80 Å². The molecule has 0 aromatic heterocycles. The van der Waals surface area contributed by atoms with Gasteiger partial charge in [0.15, 0.2) is 0 Å². The van der Waals surface area contributed by atoms with Crippen LogP contribution in [0.3, 0.4) is 0 Å². The molecule has 2 atom stereocenters. The predicted molar refractivity (Wildman–Crippen MR) is 107 cm³/mol. The van der Waals surface area contributed by atoms with Crippen LogP contribution in [0, 0.1) is 5.82 Å². The number of rotatable bonds is 4. The van der Waals surface area contributed by atoms with Gasteiger partial charge in [-0.2, -0.15) is 0 Å². The molecule has 1 aromatic carbocycles. The predicted octanol–water partition coefficient (Wildman–Crippen LogP) is 2.13. The van der Waals surface area contributed by atoms with E-state index >= 15 is 0 Å². The van der Waals surface area contributed by atoms with E-state index in [0.717, 1.165) is 45.7 Å². The van der Waals surface area contributed by atoms with Gasteiger partial charge in [0.1, 0.15) is 11.4 Å². The average molecular weight is 427 g/mol. The highest BCUT2D eigenvalue weighted by molar-refractivity contribution is 6.31. The molecule has 1 spiro atoms. The van der Waals surface area contributed by atoms with Crippen LogP contribution < -0.4 is 0 Å². The zero-order valence-electron chi connectivity index (χ0n) is 16.6. The van der Waals surface area contributed by atoms with E-state index in [1.54, 1.807) is 17.0 Å². The van der Waals surface area contributed by atoms with E-state index in [9.17, 15) is 9.18 Å². The van der Waals surface area contributed by atoms with Crippen molar-refractivity contribution in [3.8, 4) is 0 Å². The molecule has 3 aliphatic heterocycles. The first-order chi connectivity index (χ1) is 14.0. The number of amides is 1. The van der Waals surface area contributed by atoms with Gasteiger partial charge in [0, 0.05) is 36.8 Å². The summed E-state index contributed by atoms with van der Waals surface area (Å²) in [4.78, 5) is 17.0. The van der Waals surface area contributed by atoms with Crippen molar-refractivity contribution in [3.63, 3.8) is 0 Å². The maximum absolute atomic E-state index is 14.1. The Morgan fingerprint density at radius 1 is 1.21 bits per heavy atom. The van der Waals surface area contributed by atoms with Gasteiger partial charge in [-0.05, 0) is 25.0 Å². The van der Waals surface area contributed by atoms with E-state index in [1.807, 2.05) is 0 Å². The average Bonchev–Trinajstić information content (AvgIpc) is 2.97. The standard InChI is InChI=1S/C21H28ClFN2O4/c22-18-2-1-3-19(23)17(18)12-20(26)25-8-11-28-15-21(14-25)5-4-16(29-21)13-24-6-9-27-10-7-24/h1-3,16H,4-15H2/t16-,21-/m0/s1. The molecule has 1 amide bonds. The minimum atomic E-state index is -0.484. The lowest BCUT2D eigenvalue weighted by molar-refractivity contribution is -0.136. The summed E-state index contributed by atoms with van der Waals surface area (Å²) < 4.78 is 31.8. The van der Waals surface area contributed by atoms with Crippen LogP contribution in [0.5, 0.6) is 0 Å². The second kappa shape index (κ2) is 9.27. The van der Waals surface area contributed by atoms with Gasteiger partial charge in [0.05, 0.1) is 45.5 Å². The van der Waals surface area contributed by atoms with Crippen molar-refractivity contribution >= 4 is 17.5 Å². The van der Waals surface area contributed by atoms with E-state index in [1.165, 1.54) is 6.07 Å². The van der Waals surface area contributed by atoms with E-state index in [0.29, 0.717) is 26.3 Å². The lowest BCUT2D eigenvalue weighted by Gasteiger charge is -2.33. The van der Waals surface area contributed by atoms with Crippen molar-refractivity contribution in [3.05, 3.63) is 34.6 Å². The molecular formula is C21H28ClFN2O4. The molecular weight excluding hydrogens is 399 g/mol. The Morgan fingerprint density at radius 3 is 2.79 bits per heavy atom. The molecule has 1 aromatic rings. The molecule has 160 valence electrons. The molecule has 0 N–H and O–H groups in total. The van der Waals surface area contributed by atoms with Crippen molar-refractivity contribution < 1.29 is 23.4 Å².